The second-order valence-electron chi connectivity index (χ2n) is 6.89. The molecule has 148 valence electrons. The van der Waals surface area contributed by atoms with Gasteiger partial charge in [0, 0.05) is 5.56 Å². The Morgan fingerprint density at radius 1 is 0.900 bits per heavy atom. The van der Waals surface area contributed by atoms with Crippen LogP contribution in [0.2, 0.25) is 0 Å². The molecule has 2 heterocycles. The Hall–Kier alpha value is -3.45. The van der Waals surface area contributed by atoms with Crippen molar-refractivity contribution >= 4 is 28.6 Å². The predicted octanol–water partition coefficient (Wildman–Crippen LogP) is 4.11. The van der Waals surface area contributed by atoms with Gasteiger partial charge in [-0.1, -0.05) is 54.6 Å². The van der Waals surface area contributed by atoms with Crippen LogP contribution in [0.15, 0.2) is 83.7 Å². The Bertz CT molecular complexity index is 1310. The summed E-state index contributed by atoms with van der Waals surface area (Å²) in [5.41, 5.74) is 1.71. The van der Waals surface area contributed by atoms with Gasteiger partial charge in [0.25, 0.3) is 11.5 Å². The Kier molecular flexibility index (Phi) is 4.59. The zero-order valence-corrected chi connectivity index (χ0v) is 16.6. The number of amides is 1. The molecule has 30 heavy (non-hydrogen) atoms. The molecule has 1 aliphatic heterocycles. The largest absolute Gasteiger partial charge is 0.280 e. The smallest absolute Gasteiger partial charge is 0.272 e. The first kappa shape index (κ1) is 18.6. The van der Waals surface area contributed by atoms with E-state index in [1.54, 1.807) is 30.3 Å². The summed E-state index contributed by atoms with van der Waals surface area (Å²) in [4.78, 5) is 31.2. The number of aromatic nitrogens is 2. The second-order valence-corrected chi connectivity index (χ2v) is 7.96. The van der Waals surface area contributed by atoms with Gasteiger partial charge in [-0.15, -0.1) is 11.8 Å². The van der Waals surface area contributed by atoms with Gasteiger partial charge in [-0.25, -0.2) is 14.4 Å². The topological polar surface area (TPSA) is 55.2 Å². The van der Waals surface area contributed by atoms with E-state index in [1.165, 1.54) is 33.6 Å². The molecular weight excluding hydrogens is 401 g/mol. The Morgan fingerprint density at radius 2 is 1.60 bits per heavy atom. The summed E-state index contributed by atoms with van der Waals surface area (Å²) in [6.45, 7) is 0. The van der Waals surface area contributed by atoms with Crippen LogP contribution in [0.1, 0.15) is 10.9 Å². The number of hydrogen-bond donors (Lipinski definition) is 0. The number of fused-ring (bicyclic) bond motifs is 1. The number of nitrogens with zero attached hydrogens (tertiary/aromatic N) is 3. The van der Waals surface area contributed by atoms with Crippen molar-refractivity contribution in [1.82, 2.24) is 9.66 Å². The van der Waals surface area contributed by atoms with Crippen molar-refractivity contribution in [3.63, 3.8) is 0 Å². The molecule has 5 rings (SSSR count). The Labute approximate surface area is 175 Å². The van der Waals surface area contributed by atoms with Crippen molar-refractivity contribution < 1.29 is 9.18 Å². The maximum Gasteiger partial charge on any atom is 0.280 e. The molecule has 1 atom stereocenters. The van der Waals surface area contributed by atoms with E-state index < -0.39 is 5.37 Å². The third kappa shape index (κ3) is 3.07. The molecule has 3 aromatic carbocycles. The van der Waals surface area contributed by atoms with Gasteiger partial charge in [0.15, 0.2) is 5.82 Å². The summed E-state index contributed by atoms with van der Waals surface area (Å²) in [6, 6.07) is 22.4. The van der Waals surface area contributed by atoms with Crippen molar-refractivity contribution in [2.75, 3.05) is 10.8 Å². The number of carbonyl (C=O) groups is 1. The second kappa shape index (κ2) is 7.42. The fourth-order valence-electron chi connectivity index (χ4n) is 3.60. The van der Waals surface area contributed by atoms with Gasteiger partial charge in [0.05, 0.1) is 16.7 Å². The van der Waals surface area contributed by atoms with Crippen LogP contribution in [0.5, 0.6) is 0 Å². The number of thioether (sulfide) groups is 1. The molecule has 0 radical (unpaired) electrons. The van der Waals surface area contributed by atoms with E-state index >= 15 is 0 Å². The Morgan fingerprint density at radius 3 is 2.37 bits per heavy atom. The third-order valence-electron chi connectivity index (χ3n) is 5.00. The van der Waals surface area contributed by atoms with Crippen LogP contribution in [-0.4, -0.2) is 21.3 Å². The van der Waals surface area contributed by atoms with Crippen molar-refractivity contribution in [3.8, 4) is 11.4 Å². The molecule has 4 aromatic rings. The van der Waals surface area contributed by atoms with Crippen molar-refractivity contribution in [1.29, 1.82) is 0 Å². The van der Waals surface area contributed by atoms with Crippen LogP contribution in [0, 0.1) is 5.82 Å². The molecule has 1 saturated heterocycles. The molecule has 7 heteroatoms. The van der Waals surface area contributed by atoms with Gasteiger partial charge < -0.3 is 0 Å². The molecule has 0 N–H and O–H groups in total. The molecule has 1 aromatic heterocycles. The minimum atomic E-state index is -0.457. The molecule has 1 aliphatic rings. The lowest BCUT2D eigenvalue weighted by Gasteiger charge is -2.28. The molecule has 0 bridgehead atoms. The minimum Gasteiger partial charge on any atom is -0.272 e. The molecule has 5 nitrogen and oxygen atoms in total. The van der Waals surface area contributed by atoms with E-state index in [0.29, 0.717) is 16.7 Å². The lowest BCUT2D eigenvalue weighted by Crippen LogP contribution is -2.46. The van der Waals surface area contributed by atoms with Crippen LogP contribution < -0.4 is 10.6 Å². The van der Waals surface area contributed by atoms with Crippen LogP contribution in [-0.2, 0) is 4.79 Å². The first-order valence-electron chi connectivity index (χ1n) is 9.40. The van der Waals surface area contributed by atoms with E-state index in [2.05, 4.69) is 0 Å². The van der Waals surface area contributed by atoms with E-state index in [4.69, 9.17) is 4.98 Å². The summed E-state index contributed by atoms with van der Waals surface area (Å²) in [5.74, 6) is 0.0531. The van der Waals surface area contributed by atoms with E-state index in [1.807, 2.05) is 36.4 Å². The number of halogens is 1. The summed E-state index contributed by atoms with van der Waals surface area (Å²) < 4.78 is 14.8. The van der Waals surface area contributed by atoms with Gasteiger partial charge in [-0.2, -0.15) is 4.68 Å². The molecular formula is C23H16FN3O2S. The lowest BCUT2D eigenvalue weighted by molar-refractivity contribution is -0.117. The molecule has 1 unspecified atom stereocenters. The maximum atomic E-state index is 13.5. The summed E-state index contributed by atoms with van der Waals surface area (Å²) in [6.07, 6.45) is 0. The molecule has 0 spiro atoms. The highest BCUT2D eigenvalue weighted by Crippen LogP contribution is 2.38. The van der Waals surface area contributed by atoms with Gasteiger partial charge >= 0.3 is 0 Å². The van der Waals surface area contributed by atoms with Crippen LogP contribution >= 0.6 is 11.8 Å². The number of para-hydroxylation sites is 1. The molecule has 1 amide bonds. The fourth-order valence-corrected chi connectivity index (χ4v) is 4.73. The van der Waals surface area contributed by atoms with E-state index in [9.17, 15) is 14.0 Å². The first-order chi connectivity index (χ1) is 14.6. The van der Waals surface area contributed by atoms with Crippen molar-refractivity contribution in [3.05, 3.63) is 101 Å². The number of hydrogen-bond acceptors (Lipinski definition) is 4. The van der Waals surface area contributed by atoms with Gasteiger partial charge in [0.2, 0.25) is 0 Å². The monoisotopic (exact) mass is 417 g/mol. The van der Waals surface area contributed by atoms with Crippen LogP contribution in [0.3, 0.4) is 0 Å². The number of carbonyl (C=O) groups excluding carboxylic acids is 1. The summed E-state index contributed by atoms with van der Waals surface area (Å²) in [7, 11) is 0. The maximum absolute atomic E-state index is 13.5. The van der Waals surface area contributed by atoms with E-state index in [-0.39, 0.29) is 23.0 Å². The highest BCUT2D eigenvalue weighted by atomic mass is 32.2. The minimum absolute atomic E-state index is 0.203. The predicted molar refractivity (Wildman–Crippen MR) is 116 cm³/mol. The highest BCUT2D eigenvalue weighted by molar-refractivity contribution is 8.00. The van der Waals surface area contributed by atoms with Crippen LogP contribution in [0.4, 0.5) is 4.39 Å². The molecule has 0 saturated carbocycles. The average Bonchev–Trinajstić information content (AvgIpc) is 3.16. The highest BCUT2D eigenvalue weighted by Gasteiger charge is 2.37. The SMILES string of the molecule is O=C1CSC(c2ccc(F)cc2)N1n1c(-c2ccccc2)nc2ccccc2c1=O. The van der Waals surface area contributed by atoms with Gasteiger partial charge in [-0.05, 0) is 29.8 Å². The molecule has 1 fully saturated rings. The van der Waals surface area contributed by atoms with Crippen molar-refractivity contribution in [2.24, 2.45) is 0 Å². The van der Waals surface area contributed by atoms with Gasteiger partial charge in [-0.3, -0.25) is 9.59 Å². The first-order valence-corrected chi connectivity index (χ1v) is 10.4. The van der Waals surface area contributed by atoms with Gasteiger partial charge in [0.1, 0.15) is 11.2 Å². The molecule has 0 aliphatic carbocycles. The standard InChI is InChI=1S/C23H16FN3O2S/c24-17-12-10-16(11-13-17)23-26(20(28)14-30-23)27-21(15-6-2-1-3-7-15)25-19-9-5-4-8-18(19)22(27)29/h1-13,23H,14H2. The summed E-state index contributed by atoms with van der Waals surface area (Å²) >= 11 is 1.40. The van der Waals surface area contributed by atoms with E-state index in [0.717, 1.165) is 11.1 Å². The zero-order valence-electron chi connectivity index (χ0n) is 15.7. The number of benzene rings is 3. The van der Waals surface area contributed by atoms with Crippen molar-refractivity contribution in [2.45, 2.75) is 5.37 Å². The Balaban J connectivity index is 1.78. The number of rotatable bonds is 3. The van der Waals surface area contributed by atoms with Crippen LogP contribution in [0.25, 0.3) is 22.3 Å². The normalized spacial score (nSPS) is 16.4. The quantitative estimate of drug-likeness (QED) is 0.503. The average molecular weight is 417 g/mol. The zero-order chi connectivity index (χ0) is 20.7. The fraction of sp³-hybridized carbons (Fsp3) is 0.0870. The third-order valence-corrected chi connectivity index (χ3v) is 6.20. The lowest BCUT2D eigenvalue weighted by atomic mass is 10.2. The summed E-state index contributed by atoms with van der Waals surface area (Å²) in [5, 5.41) is 1.42.